The van der Waals surface area contributed by atoms with Gasteiger partial charge in [-0.1, -0.05) is 0 Å². The van der Waals surface area contributed by atoms with Crippen LogP contribution in [0.15, 0.2) is 24.5 Å². The first-order chi connectivity index (χ1) is 12.0. The molecule has 25 heavy (non-hydrogen) atoms. The van der Waals surface area contributed by atoms with Crippen LogP contribution < -0.4 is 5.32 Å². The highest BCUT2D eigenvalue weighted by molar-refractivity contribution is 5.76. The zero-order valence-electron chi connectivity index (χ0n) is 13.2. The minimum Gasteiger partial charge on any atom is -0.376 e. The quantitative estimate of drug-likeness (QED) is 0.621. The number of rotatable bonds is 6. The second kappa shape index (κ2) is 7.34. The average molecular weight is 349 g/mol. The van der Waals surface area contributed by atoms with Crippen molar-refractivity contribution in [3.63, 3.8) is 0 Å². The summed E-state index contributed by atoms with van der Waals surface area (Å²) in [6.45, 7) is 0.920. The molecule has 2 aromatic heterocycles. The normalized spacial score (nSPS) is 16.8. The fraction of sp³-hybridized carbons (Fsp3) is 0.400. The fourth-order valence-electron chi connectivity index (χ4n) is 2.56. The van der Waals surface area contributed by atoms with Crippen molar-refractivity contribution in [2.45, 2.75) is 25.5 Å². The van der Waals surface area contributed by atoms with Crippen LogP contribution >= 0.6 is 0 Å². The number of ether oxygens (including phenoxy) is 1. The van der Waals surface area contributed by atoms with Gasteiger partial charge < -0.3 is 10.1 Å². The summed E-state index contributed by atoms with van der Waals surface area (Å²) in [6, 6.07) is 2.44. The molecule has 1 N–H and O–H groups in total. The maximum Gasteiger partial charge on any atom is 0.316 e. The SMILES string of the molecule is O=C(Cn1cc([N+](=O)[O-])c(-c2ccc(F)cn2)n1)NC[C@H]1CCCO1. The third-order valence-corrected chi connectivity index (χ3v) is 3.77. The van der Waals surface area contributed by atoms with E-state index < -0.39 is 10.7 Å². The van der Waals surface area contributed by atoms with E-state index in [9.17, 15) is 19.3 Å². The van der Waals surface area contributed by atoms with Gasteiger partial charge in [0.05, 0.1) is 22.9 Å². The van der Waals surface area contributed by atoms with E-state index in [2.05, 4.69) is 15.4 Å². The molecule has 10 heteroatoms. The number of nitrogens with zero attached hydrogens (tertiary/aromatic N) is 4. The Morgan fingerprint density at radius 3 is 3.00 bits per heavy atom. The van der Waals surface area contributed by atoms with Gasteiger partial charge in [-0.2, -0.15) is 5.10 Å². The molecule has 0 aliphatic carbocycles. The zero-order valence-corrected chi connectivity index (χ0v) is 13.2. The van der Waals surface area contributed by atoms with Crippen molar-refractivity contribution in [3.8, 4) is 11.4 Å². The highest BCUT2D eigenvalue weighted by atomic mass is 19.1. The second-order valence-electron chi connectivity index (χ2n) is 5.62. The van der Waals surface area contributed by atoms with Crippen molar-refractivity contribution < 1.29 is 18.8 Å². The van der Waals surface area contributed by atoms with Gasteiger partial charge >= 0.3 is 5.69 Å². The summed E-state index contributed by atoms with van der Waals surface area (Å²) in [5.41, 5.74) is -0.158. The Morgan fingerprint density at radius 1 is 1.52 bits per heavy atom. The summed E-state index contributed by atoms with van der Waals surface area (Å²) in [6.07, 6.45) is 3.99. The molecule has 0 radical (unpaired) electrons. The van der Waals surface area contributed by atoms with Crippen LogP contribution in [0.25, 0.3) is 11.4 Å². The van der Waals surface area contributed by atoms with Crippen LogP contribution in [-0.2, 0) is 16.1 Å². The molecule has 1 saturated heterocycles. The predicted molar refractivity (Wildman–Crippen MR) is 84.1 cm³/mol. The van der Waals surface area contributed by atoms with Crippen molar-refractivity contribution in [1.82, 2.24) is 20.1 Å². The molecule has 9 nitrogen and oxygen atoms in total. The number of carbonyl (C=O) groups is 1. The lowest BCUT2D eigenvalue weighted by atomic mass is 10.2. The van der Waals surface area contributed by atoms with Gasteiger partial charge in [-0.05, 0) is 25.0 Å². The molecule has 132 valence electrons. The lowest BCUT2D eigenvalue weighted by Gasteiger charge is -2.10. The van der Waals surface area contributed by atoms with Crippen LogP contribution in [0.2, 0.25) is 0 Å². The van der Waals surface area contributed by atoms with E-state index in [1.54, 1.807) is 0 Å². The van der Waals surface area contributed by atoms with Crippen molar-refractivity contribution in [2.24, 2.45) is 0 Å². The van der Waals surface area contributed by atoms with Gasteiger partial charge in [-0.15, -0.1) is 0 Å². The number of nitrogens with one attached hydrogen (secondary N) is 1. The third kappa shape index (κ3) is 4.15. The average Bonchev–Trinajstić information content (AvgIpc) is 3.23. The first-order valence-corrected chi connectivity index (χ1v) is 7.75. The van der Waals surface area contributed by atoms with E-state index in [-0.39, 0.29) is 35.6 Å². The monoisotopic (exact) mass is 349 g/mol. The molecule has 0 aromatic carbocycles. The van der Waals surface area contributed by atoms with Gasteiger partial charge in [0.1, 0.15) is 18.6 Å². The van der Waals surface area contributed by atoms with Gasteiger partial charge in [0, 0.05) is 13.2 Å². The Bertz CT molecular complexity index is 771. The van der Waals surface area contributed by atoms with Gasteiger partial charge in [0.25, 0.3) is 0 Å². The van der Waals surface area contributed by atoms with E-state index in [0.717, 1.165) is 31.3 Å². The van der Waals surface area contributed by atoms with Crippen LogP contribution in [0.3, 0.4) is 0 Å². The van der Waals surface area contributed by atoms with Gasteiger partial charge in [-0.25, -0.2) is 4.39 Å². The summed E-state index contributed by atoms with van der Waals surface area (Å²) >= 11 is 0. The zero-order chi connectivity index (χ0) is 17.8. The molecule has 0 bridgehead atoms. The van der Waals surface area contributed by atoms with Gasteiger partial charge in [0.15, 0.2) is 5.69 Å². The summed E-state index contributed by atoms with van der Waals surface area (Å²) in [4.78, 5) is 26.4. The molecule has 1 atom stereocenters. The molecule has 0 unspecified atom stereocenters. The molecule has 3 rings (SSSR count). The Morgan fingerprint density at radius 2 is 2.36 bits per heavy atom. The number of halogens is 1. The maximum atomic E-state index is 13.0. The minimum atomic E-state index is -0.617. The Balaban J connectivity index is 1.71. The number of pyridine rings is 1. The molecular formula is C15H16FN5O4. The largest absolute Gasteiger partial charge is 0.376 e. The van der Waals surface area contributed by atoms with Gasteiger partial charge in [0.2, 0.25) is 5.91 Å². The fourth-order valence-corrected chi connectivity index (χ4v) is 2.56. The maximum absolute atomic E-state index is 13.0. The Hall–Kier alpha value is -2.88. The summed E-state index contributed by atoms with van der Waals surface area (Å²) in [7, 11) is 0. The highest BCUT2D eigenvalue weighted by Crippen LogP contribution is 2.26. The van der Waals surface area contributed by atoms with E-state index in [1.807, 2.05) is 0 Å². The summed E-state index contributed by atoms with van der Waals surface area (Å²) in [5.74, 6) is -0.883. The number of carbonyl (C=O) groups excluding carboxylic acids is 1. The first kappa shape index (κ1) is 17.0. The third-order valence-electron chi connectivity index (χ3n) is 3.77. The Labute approximate surface area is 142 Å². The van der Waals surface area contributed by atoms with Crippen LogP contribution in [-0.4, -0.2) is 44.9 Å². The second-order valence-corrected chi connectivity index (χ2v) is 5.62. The first-order valence-electron chi connectivity index (χ1n) is 7.75. The molecule has 3 heterocycles. The van der Waals surface area contributed by atoms with E-state index in [4.69, 9.17) is 4.74 Å². The molecule has 1 aliphatic rings. The van der Waals surface area contributed by atoms with Crippen LogP contribution in [0.1, 0.15) is 12.8 Å². The number of nitro groups is 1. The standard InChI is InChI=1S/C15H16FN5O4/c16-10-3-4-12(17-6-10)15-13(21(23)24)8-20(19-15)9-14(22)18-7-11-2-1-5-25-11/h3-4,6,8,11H,1-2,5,7,9H2,(H,18,22)/t11-/m1/s1. The van der Waals surface area contributed by atoms with E-state index in [1.165, 1.54) is 10.7 Å². The van der Waals surface area contributed by atoms with Crippen molar-refractivity contribution in [3.05, 3.63) is 40.5 Å². The number of amides is 1. The predicted octanol–water partition coefficient (Wildman–Crippen LogP) is 1.29. The number of hydrogen-bond donors (Lipinski definition) is 1. The van der Waals surface area contributed by atoms with E-state index >= 15 is 0 Å². The molecule has 1 amide bonds. The molecular weight excluding hydrogens is 333 g/mol. The molecule has 0 spiro atoms. The molecule has 1 fully saturated rings. The lowest BCUT2D eigenvalue weighted by Crippen LogP contribution is -2.34. The van der Waals surface area contributed by atoms with E-state index in [0.29, 0.717) is 13.2 Å². The highest BCUT2D eigenvalue weighted by Gasteiger charge is 2.23. The summed E-state index contributed by atoms with van der Waals surface area (Å²) in [5, 5.41) is 18.0. The number of aromatic nitrogens is 3. The van der Waals surface area contributed by atoms with Crippen LogP contribution in [0.5, 0.6) is 0 Å². The van der Waals surface area contributed by atoms with Crippen LogP contribution in [0.4, 0.5) is 10.1 Å². The minimum absolute atomic E-state index is 0.00915. The molecule has 0 saturated carbocycles. The molecule has 1 aliphatic heterocycles. The molecule has 2 aromatic rings. The topological polar surface area (TPSA) is 112 Å². The number of hydrogen-bond acceptors (Lipinski definition) is 6. The summed E-state index contributed by atoms with van der Waals surface area (Å²) < 4.78 is 19.5. The Kier molecular flexibility index (Phi) is 4.98. The van der Waals surface area contributed by atoms with Crippen molar-refractivity contribution >= 4 is 11.6 Å². The smallest absolute Gasteiger partial charge is 0.316 e. The van der Waals surface area contributed by atoms with Crippen molar-refractivity contribution in [1.29, 1.82) is 0 Å². The lowest BCUT2D eigenvalue weighted by molar-refractivity contribution is -0.384. The van der Waals surface area contributed by atoms with Gasteiger partial charge in [-0.3, -0.25) is 24.6 Å². The van der Waals surface area contributed by atoms with Crippen molar-refractivity contribution in [2.75, 3.05) is 13.2 Å². The van der Waals surface area contributed by atoms with Crippen LogP contribution in [0, 0.1) is 15.9 Å².